The molecule has 0 spiro atoms. The molecule has 92 heavy (non-hydrogen) atoms. The van der Waals surface area contributed by atoms with Crippen LogP contribution in [-0.4, -0.2) is 0 Å². The molecule has 466 valence electrons. The van der Waals surface area contributed by atoms with Crippen LogP contribution in [0.3, 0.4) is 0 Å². The van der Waals surface area contributed by atoms with Gasteiger partial charge in [-0.2, -0.15) is 0 Å². The summed E-state index contributed by atoms with van der Waals surface area (Å²) in [6.07, 6.45) is 11.7. The van der Waals surface area contributed by atoms with E-state index in [0.29, 0.717) is 0 Å². The summed E-state index contributed by atoms with van der Waals surface area (Å²) < 4.78 is 2.16. The maximum absolute atomic E-state index is 3.64. The van der Waals surface area contributed by atoms with E-state index < -0.39 is 0 Å². The Balaban J connectivity index is 0.979. The number of hydrogen-bond acceptors (Lipinski definition) is 2. The predicted molar refractivity (Wildman–Crippen MR) is 406 cm³/mol. The van der Waals surface area contributed by atoms with Gasteiger partial charge in [-0.3, -0.25) is 0 Å². The first-order valence-corrected chi connectivity index (χ1v) is 35.1. The zero-order chi connectivity index (χ0) is 64.5. The van der Waals surface area contributed by atoms with Gasteiger partial charge in [0.05, 0.1) is 0 Å². The lowest BCUT2D eigenvalue weighted by atomic mass is 9.84. The van der Waals surface area contributed by atoms with Crippen LogP contribution in [-0.2, 0) is 23.7 Å². The first-order valence-electron chi connectivity index (χ1n) is 33.5. The lowest BCUT2D eigenvalue weighted by Crippen LogP contribution is -2.11. The number of aryl methyl sites for hydroxylation is 4. The molecule has 0 aliphatic carbocycles. The summed E-state index contributed by atoms with van der Waals surface area (Å²) in [5.41, 5.74) is 30.0. The van der Waals surface area contributed by atoms with Crippen molar-refractivity contribution in [3.8, 4) is 66.8 Å². The third kappa shape index (κ3) is 15.5. The van der Waals surface area contributed by atoms with Gasteiger partial charge in [0.2, 0.25) is 0 Å². The lowest BCUT2D eigenvalue weighted by Gasteiger charge is -2.28. The Hall–Kier alpha value is -8.02. The number of rotatable bonds is 22. The summed E-state index contributed by atoms with van der Waals surface area (Å²) in [5, 5.41) is 0. The molecule has 0 amide bonds. The predicted octanol–water partition coefficient (Wildman–Crippen LogP) is 27.6. The van der Waals surface area contributed by atoms with E-state index in [1.54, 1.807) is 0 Å². The molecular formula is C88H90Br2N2. The Morgan fingerprint density at radius 3 is 0.772 bits per heavy atom. The molecule has 0 aliphatic rings. The Bertz CT molecular complexity index is 3950. The van der Waals surface area contributed by atoms with Crippen molar-refractivity contribution in [2.45, 2.75) is 144 Å². The first kappa shape index (κ1) is 65.5. The third-order valence-electron chi connectivity index (χ3n) is 18.5. The summed E-state index contributed by atoms with van der Waals surface area (Å²) in [7, 11) is 0. The first-order chi connectivity index (χ1) is 44.4. The molecular weight excluding hydrogens is 1240 g/mol. The minimum Gasteiger partial charge on any atom is -0.310 e. The van der Waals surface area contributed by atoms with Gasteiger partial charge in [0, 0.05) is 43.1 Å². The van der Waals surface area contributed by atoms with Crippen LogP contribution in [0.15, 0.2) is 252 Å². The van der Waals surface area contributed by atoms with E-state index in [-0.39, 0.29) is 10.8 Å². The third-order valence-corrected chi connectivity index (χ3v) is 19.5. The Morgan fingerprint density at radius 1 is 0.272 bits per heavy atom. The molecule has 11 rings (SSSR count). The van der Waals surface area contributed by atoms with E-state index in [9.17, 15) is 0 Å². The lowest BCUT2D eigenvalue weighted by molar-refractivity contribution is 0.590. The van der Waals surface area contributed by atoms with Gasteiger partial charge in [-0.15, -0.1) is 0 Å². The van der Waals surface area contributed by atoms with Crippen molar-refractivity contribution < 1.29 is 0 Å². The van der Waals surface area contributed by atoms with E-state index in [4.69, 9.17) is 0 Å². The normalized spacial score (nSPS) is 11.7. The van der Waals surface area contributed by atoms with Crippen LogP contribution < -0.4 is 9.80 Å². The quantitative estimate of drug-likeness (QED) is 0.0624. The highest BCUT2D eigenvalue weighted by Crippen LogP contribution is 2.44. The van der Waals surface area contributed by atoms with Gasteiger partial charge < -0.3 is 9.80 Å². The molecule has 0 aromatic heterocycles. The van der Waals surface area contributed by atoms with Crippen molar-refractivity contribution in [3.63, 3.8) is 0 Å². The van der Waals surface area contributed by atoms with E-state index in [2.05, 4.69) is 354 Å². The fourth-order valence-corrected chi connectivity index (χ4v) is 13.5. The van der Waals surface area contributed by atoms with Gasteiger partial charge >= 0.3 is 0 Å². The zero-order valence-electron chi connectivity index (χ0n) is 55.8. The molecule has 0 saturated heterocycles. The van der Waals surface area contributed by atoms with Crippen LogP contribution in [0.25, 0.3) is 66.8 Å². The maximum Gasteiger partial charge on any atom is 0.0464 e. The van der Waals surface area contributed by atoms with Crippen molar-refractivity contribution in [1.29, 1.82) is 0 Å². The number of anilines is 6. The second-order valence-corrected chi connectivity index (χ2v) is 29.1. The molecule has 11 aromatic rings. The highest BCUT2D eigenvalue weighted by molar-refractivity contribution is 9.10. The number of halogens is 2. The van der Waals surface area contributed by atoms with Crippen LogP contribution in [0.5, 0.6) is 0 Å². The molecule has 0 atom stereocenters. The van der Waals surface area contributed by atoms with E-state index in [0.717, 1.165) is 68.8 Å². The number of benzene rings is 11. The van der Waals surface area contributed by atoms with Crippen LogP contribution in [0, 0.1) is 13.8 Å². The minimum atomic E-state index is 0.101. The molecule has 0 radical (unpaired) electrons. The van der Waals surface area contributed by atoms with Crippen LogP contribution in [0.1, 0.15) is 140 Å². The van der Waals surface area contributed by atoms with Crippen molar-refractivity contribution >= 4 is 66.0 Å². The second-order valence-electron chi connectivity index (χ2n) is 27.3. The second kappa shape index (κ2) is 29.3. The summed E-state index contributed by atoms with van der Waals surface area (Å²) in [6, 6.07) is 91.4. The fraction of sp³-hybridized carbons (Fsp3) is 0.250. The Labute approximate surface area is 567 Å². The van der Waals surface area contributed by atoms with Gasteiger partial charge in [0.1, 0.15) is 0 Å². The van der Waals surface area contributed by atoms with Crippen molar-refractivity contribution in [2.75, 3.05) is 9.80 Å². The van der Waals surface area contributed by atoms with Gasteiger partial charge in [0.15, 0.2) is 0 Å². The molecule has 0 unspecified atom stereocenters. The van der Waals surface area contributed by atoms with Crippen LogP contribution in [0.4, 0.5) is 34.1 Å². The van der Waals surface area contributed by atoms with Crippen molar-refractivity contribution in [1.82, 2.24) is 0 Å². The van der Waals surface area contributed by atoms with E-state index in [1.165, 1.54) is 139 Å². The molecule has 0 bridgehead atoms. The largest absolute Gasteiger partial charge is 0.310 e. The average Bonchev–Trinajstić information content (AvgIpc) is 0.790. The van der Waals surface area contributed by atoms with Gasteiger partial charge in [-0.1, -0.05) is 271 Å². The number of unbranched alkanes of at least 4 members (excludes halogenated alkanes) is 6. The molecule has 0 aliphatic heterocycles. The van der Waals surface area contributed by atoms with Gasteiger partial charge in [-0.25, -0.2) is 0 Å². The highest BCUT2D eigenvalue weighted by Gasteiger charge is 2.22. The van der Waals surface area contributed by atoms with E-state index >= 15 is 0 Å². The van der Waals surface area contributed by atoms with Crippen molar-refractivity contribution in [3.05, 3.63) is 285 Å². The summed E-state index contributed by atoms with van der Waals surface area (Å²) in [4.78, 5) is 4.86. The fourth-order valence-electron chi connectivity index (χ4n) is 13.0. The number of hydrogen-bond donors (Lipinski definition) is 0. The van der Waals surface area contributed by atoms with Crippen LogP contribution in [0.2, 0.25) is 0 Å². The Morgan fingerprint density at radius 2 is 0.522 bits per heavy atom. The molecule has 0 heterocycles. The summed E-state index contributed by atoms with van der Waals surface area (Å²) in [6.45, 7) is 22.9. The summed E-state index contributed by atoms with van der Waals surface area (Å²) >= 11 is 7.28. The molecule has 0 saturated carbocycles. The summed E-state index contributed by atoms with van der Waals surface area (Å²) in [5.74, 6) is 0. The van der Waals surface area contributed by atoms with Crippen molar-refractivity contribution in [2.24, 2.45) is 0 Å². The van der Waals surface area contributed by atoms with E-state index in [1.807, 2.05) is 0 Å². The standard InChI is InChI=1S/C88H90Br2N2/c1-11-13-15-17-19-71-59-86(84-56-54-82(58-62(84)4)92(80-51-35-70(36-52-80)66-27-43-76(90)44-28-66)78-47-31-68(32-48-78)64-23-39-74(40-24-64)88(8,9)10)72(20-18-16-14-12-2)60-85(71)83-55-53-81(57-61(83)3)91(79-49-33-69(34-50-79)65-25-41-75(89)42-26-65)77-45-29-67(30-46-77)63-21-37-73(38-22-63)87(5,6)7/h21-60H,11-20H2,1-10H3. The molecule has 0 fully saturated rings. The highest BCUT2D eigenvalue weighted by atomic mass is 79.9. The SMILES string of the molecule is CCCCCCc1cc(-c2ccc(N(c3ccc(-c4ccc(Br)cc4)cc3)c3ccc(-c4ccc(C(C)(C)C)cc4)cc3)cc2C)c(CCCCCC)cc1-c1ccc(N(c2ccc(-c3ccc(Br)cc3)cc2)c2ccc(-c3ccc(C(C)(C)C)cc3)cc2)cc1C. The zero-order valence-corrected chi connectivity index (χ0v) is 59.0. The molecule has 0 N–H and O–H groups in total. The van der Waals surface area contributed by atoms with Gasteiger partial charge in [-0.05, 0) is 248 Å². The molecule has 11 aromatic carbocycles. The minimum absolute atomic E-state index is 0.101. The monoisotopic (exact) mass is 1330 g/mol. The average molecular weight is 1340 g/mol. The number of nitrogens with zero attached hydrogens (tertiary/aromatic N) is 2. The molecule has 4 heteroatoms. The van der Waals surface area contributed by atoms with Crippen LogP contribution >= 0.6 is 31.9 Å². The topological polar surface area (TPSA) is 6.48 Å². The molecule has 2 nitrogen and oxygen atoms in total. The Kier molecular flexibility index (Phi) is 20.8. The van der Waals surface area contributed by atoms with Gasteiger partial charge in [0.25, 0.3) is 0 Å². The maximum atomic E-state index is 3.64. The smallest absolute Gasteiger partial charge is 0.0464 e.